The summed E-state index contributed by atoms with van der Waals surface area (Å²) in [6, 6.07) is 0. The summed E-state index contributed by atoms with van der Waals surface area (Å²) in [6.45, 7) is 7.50. The van der Waals surface area contributed by atoms with Gasteiger partial charge in [0.2, 0.25) is 0 Å². The second-order valence-electron chi connectivity index (χ2n) is 9.27. The third-order valence-electron chi connectivity index (χ3n) is 7.93. The van der Waals surface area contributed by atoms with Crippen molar-refractivity contribution in [1.29, 1.82) is 0 Å². The van der Waals surface area contributed by atoms with Gasteiger partial charge in [-0.25, -0.2) is 0 Å². The second-order valence-corrected chi connectivity index (χ2v) is 9.27. The largest absolute Gasteiger partial charge is 0.392 e. The molecule has 5 nitrogen and oxygen atoms in total. The molecule has 0 saturated heterocycles. The Hall–Kier alpha value is -1.01. The van der Waals surface area contributed by atoms with Crippen molar-refractivity contribution in [3.05, 3.63) is 23.3 Å². The molecule has 0 aromatic heterocycles. The molecule has 2 saturated carbocycles. The molecule has 0 heterocycles. The van der Waals surface area contributed by atoms with Crippen molar-refractivity contribution in [2.45, 2.75) is 51.9 Å². The van der Waals surface area contributed by atoms with Crippen LogP contribution >= 0.6 is 0 Å². The van der Waals surface area contributed by atoms with Gasteiger partial charge in [0.05, 0.1) is 12.0 Å². The van der Waals surface area contributed by atoms with Gasteiger partial charge in [0.15, 0.2) is 5.78 Å². The first-order valence-corrected chi connectivity index (χ1v) is 9.18. The third kappa shape index (κ3) is 1.71. The van der Waals surface area contributed by atoms with Crippen LogP contribution in [0.1, 0.15) is 34.1 Å². The van der Waals surface area contributed by atoms with Crippen LogP contribution in [0.3, 0.4) is 0 Å². The van der Waals surface area contributed by atoms with Gasteiger partial charge in [-0.15, -0.1) is 0 Å². The molecule has 4 aliphatic rings. The molecule has 2 bridgehead atoms. The molecule has 4 rings (SSSR count). The summed E-state index contributed by atoms with van der Waals surface area (Å²) >= 11 is 0. The maximum absolute atomic E-state index is 13.7. The molecule has 2 fully saturated rings. The quantitative estimate of drug-likeness (QED) is 0.526. The summed E-state index contributed by atoms with van der Waals surface area (Å²) in [5, 5.41) is 43.0. The summed E-state index contributed by atoms with van der Waals surface area (Å²) in [6.07, 6.45) is 1.34. The van der Waals surface area contributed by atoms with Crippen molar-refractivity contribution >= 4 is 5.78 Å². The lowest BCUT2D eigenvalue weighted by molar-refractivity contribution is -0.190. The van der Waals surface area contributed by atoms with Crippen LogP contribution in [0, 0.1) is 34.5 Å². The highest BCUT2D eigenvalue weighted by Gasteiger charge is 2.75. The van der Waals surface area contributed by atoms with E-state index in [0.717, 1.165) is 6.42 Å². The summed E-state index contributed by atoms with van der Waals surface area (Å²) in [5.74, 6) is -0.288. The van der Waals surface area contributed by atoms with Crippen LogP contribution in [0.15, 0.2) is 23.3 Å². The second kappa shape index (κ2) is 4.83. The van der Waals surface area contributed by atoms with Gasteiger partial charge in [0, 0.05) is 5.92 Å². The number of ketones is 1. The van der Waals surface area contributed by atoms with Crippen molar-refractivity contribution in [2.24, 2.45) is 34.5 Å². The number of aliphatic hydroxyl groups excluding tert-OH is 3. The SMILES string of the molecule is CC1=C[C@]23C(=O)[C@@H](C=C(CO)[C@@H](O)[C@]2(O)[C@H]1O)[C@H]1[C@@H](CC3C)C1(C)C. The monoisotopic (exact) mass is 348 g/mol. The zero-order valence-electron chi connectivity index (χ0n) is 15.2. The Labute approximate surface area is 148 Å². The fraction of sp³-hybridized carbons (Fsp3) is 0.750. The van der Waals surface area contributed by atoms with E-state index in [1.54, 1.807) is 19.1 Å². The Morgan fingerprint density at radius 3 is 2.48 bits per heavy atom. The Kier molecular flexibility index (Phi) is 3.36. The van der Waals surface area contributed by atoms with Crippen molar-refractivity contribution in [2.75, 3.05) is 6.61 Å². The third-order valence-corrected chi connectivity index (χ3v) is 7.93. The highest BCUT2D eigenvalue weighted by Crippen LogP contribution is 2.71. The number of allylic oxidation sites excluding steroid dienone is 1. The van der Waals surface area contributed by atoms with Crippen LogP contribution in [-0.2, 0) is 4.79 Å². The molecular weight excluding hydrogens is 320 g/mol. The smallest absolute Gasteiger partial charge is 0.153 e. The molecule has 0 aliphatic heterocycles. The Bertz CT molecular complexity index is 707. The van der Waals surface area contributed by atoms with Gasteiger partial charge in [0.25, 0.3) is 0 Å². The Morgan fingerprint density at radius 2 is 1.88 bits per heavy atom. The minimum atomic E-state index is -2.03. The molecular formula is C20H28O5. The van der Waals surface area contributed by atoms with Crippen LogP contribution < -0.4 is 0 Å². The lowest BCUT2D eigenvalue weighted by atomic mass is 9.59. The van der Waals surface area contributed by atoms with Gasteiger partial charge in [-0.1, -0.05) is 32.9 Å². The highest BCUT2D eigenvalue weighted by atomic mass is 16.4. The van der Waals surface area contributed by atoms with Gasteiger partial charge in [0.1, 0.15) is 17.8 Å². The fourth-order valence-electron chi connectivity index (χ4n) is 6.43. The Balaban J connectivity index is 1.99. The van der Waals surface area contributed by atoms with Gasteiger partial charge in [-0.3, -0.25) is 4.79 Å². The van der Waals surface area contributed by atoms with Gasteiger partial charge in [-0.05, 0) is 47.7 Å². The van der Waals surface area contributed by atoms with Gasteiger partial charge >= 0.3 is 0 Å². The molecule has 0 radical (unpaired) electrons. The van der Waals surface area contributed by atoms with Crippen LogP contribution in [0.25, 0.3) is 0 Å². The fourth-order valence-corrected chi connectivity index (χ4v) is 6.43. The molecule has 1 spiro atoms. The molecule has 5 heteroatoms. The molecule has 8 atom stereocenters. The number of hydrogen-bond acceptors (Lipinski definition) is 5. The van der Waals surface area contributed by atoms with E-state index in [1.807, 2.05) is 6.92 Å². The molecule has 25 heavy (non-hydrogen) atoms. The number of carbonyl (C=O) groups is 1. The molecule has 0 amide bonds. The lowest BCUT2D eigenvalue weighted by Crippen LogP contribution is -2.65. The van der Waals surface area contributed by atoms with Crippen LogP contribution in [-0.4, -0.2) is 50.6 Å². The number of Topliss-reactive ketones (excluding diaryl/α,β-unsaturated/α-hetero) is 1. The minimum Gasteiger partial charge on any atom is -0.392 e. The van der Waals surface area contributed by atoms with E-state index in [0.29, 0.717) is 11.5 Å². The molecule has 4 aliphatic carbocycles. The number of rotatable bonds is 1. The maximum Gasteiger partial charge on any atom is 0.153 e. The maximum atomic E-state index is 13.7. The van der Waals surface area contributed by atoms with Crippen LogP contribution in [0.4, 0.5) is 0 Å². The molecule has 1 unspecified atom stereocenters. The van der Waals surface area contributed by atoms with Crippen LogP contribution in [0.2, 0.25) is 0 Å². The highest BCUT2D eigenvalue weighted by molar-refractivity contribution is 5.95. The van der Waals surface area contributed by atoms with E-state index < -0.39 is 35.7 Å². The Morgan fingerprint density at radius 1 is 1.24 bits per heavy atom. The van der Waals surface area contributed by atoms with E-state index in [2.05, 4.69) is 13.8 Å². The van der Waals surface area contributed by atoms with E-state index in [-0.39, 0.29) is 28.6 Å². The van der Waals surface area contributed by atoms with E-state index in [9.17, 15) is 25.2 Å². The van der Waals surface area contributed by atoms with Crippen molar-refractivity contribution in [3.8, 4) is 0 Å². The van der Waals surface area contributed by atoms with Crippen molar-refractivity contribution < 1.29 is 25.2 Å². The molecule has 4 N–H and O–H groups in total. The topological polar surface area (TPSA) is 98.0 Å². The van der Waals surface area contributed by atoms with Crippen LogP contribution in [0.5, 0.6) is 0 Å². The normalized spacial score (nSPS) is 53.2. The predicted molar refractivity (Wildman–Crippen MR) is 91.4 cm³/mol. The van der Waals surface area contributed by atoms with Crippen molar-refractivity contribution in [1.82, 2.24) is 0 Å². The van der Waals surface area contributed by atoms with E-state index in [4.69, 9.17) is 0 Å². The average Bonchev–Trinajstić information content (AvgIpc) is 3.05. The molecule has 0 aromatic carbocycles. The first-order chi connectivity index (χ1) is 11.5. The van der Waals surface area contributed by atoms with Gasteiger partial charge < -0.3 is 20.4 Å². The summed E-state index contributed by atoms with van der Waals surface area (Å²) in [4.78, 5) is 13.7. The summed E-state index contributed by atoms with van der Waals surface area (Å²) < 4.78 is 0. The van der Waals surface area contributed by atoms with Gasteiger partial charge in [-0.2, -0.15) is 0 Å². The summed E-state index contributed by atoms with van der Waals surface area (Å²) in [7, 11) is 0. The number of fused-ring (bicyclic) bond motifs is 3. The minimum absolute atomic E-state index is 0.0245. The summed E-state index contributed by atoms with van der Waals surface area (Å²) in [5.41, 5.74) is -2.58. The first-order valence-electron chi connectivity index (χ1n) is 9.18. The molecule has 138 valence electrons. The predicted octanol–water partition coefficient (Wildman–Crippen LogP) is 0.815. The zero-order valence-corrected chi connectivity index (χ0v) is 15.2. The standard InChI is InChI=1S/C20H28O5/c1-9-7-19-10(2)5-13-14(18(13,3)4)12(17(19)24)6-11(8-21)16(23)20(19,25)15(9)22/h6-7,10,12-16,21-23,25H,5,8H2,1-4H3/t10?,12-,13+,14-,15-,16+,19-,20+/m0/s1. The number of carbonyl (C=O) groups excluding carboxylic acids is 1. The lowest BCUT2D eigenvalue weighted by Gasteiger charge is -2.48. The van der Waals surface area contributed by atoms with Crippen molar-refractivity contribution in [3.63, 3.8) is 0 Å². The first kappa shape index (κ1) is 17.4. The molecule has 0 aromatic rings. The number of hydrogen-bond donors (Lipinski definition) is 4. The van der Waals surface area contributed by atoms with E-state index in [1.165, 1.54) is 0 Å². The van der Waals surface area contributed by atoms with E-state index >= 15 is 0 Å². The average molecular weight is 348 g/mol. The number of aliphatic hydroxyl groups is 4. The zero-order chi connectivity index (χ0) is 18.5.